The van der Waals surface area contributed by atoms with Gasteiger partial charge in [0.1, 0.15) is 0 Å². The van der Waals surface area contributed by atoms with E-state index in [4.69, 9.17) is 0 Å². The Hall–Kier alpha value is -0.120. The molecule has 0 aromatic rings. The van der Waals surface area contributed by atoms with Crippen LogP contribution in [-0.2, 0) is 0 Å². The third-order valence-corrected chi connectivity index (χ3v) is 3.22. The molecular formula is C9H19N3. The van der Waals surface area contributed by atoms with Crippen molar-refractivity contribution in [1.29, 1.82) is 0 Å². The van der Waals surface area contributed by atoms with E-state index in [0.29, 0.717) is 6.04 Å². The Morgan fingerprint density at radius 1 is 1.25 bits per heavy atom. The van der Waals surface area contributed by atoms with E-state index >= 15 is 0 Å². The molecule has 0 aromatic heterocycles. The van der Waals surface area contributed by atoms with Gasteiger partial charge < -0.3 is 15.1 Å². The van der Waals surface area contributed by atoms with E-state index in [1.165, 1.54) is 26.1 Å². The van der Waals surface area contributed by atoms with Crippen LogP contribution in [0.1, 0.15) is 6.42 Å². The number of fused-ring (bicyclic) bond motifs is 1. The van der Waals surface area contributed by atoms with Crippen molar-refractivity contribution in [3.05, 3.63) is 0 Å². The van der Waals surface area contributed by atoms with Gasteiger partial charge in [-0.25, -0.2) is 0 Å². The maximum atomic E-state index is 3.60. The number of nitrogens with one attached hydrogen (secondary N) is 1. The van der Waals surface area contributed by atoms with Crippen molar-refractivity contribution in [1.82, 2.24) is 15.1 Å². The molecule has 1 N–H and O–H groups in total. The summed E-state index contributed by atoms with van der Waals surface area (Å²) in [5.41, 5.74) is 0. The van der Waals surface area contributed by atoms with Gasteiger partial charge >= 0.3 is 0 Å². The molecule has 0 aliphatic carbocycles. The average Bonchev–Trinajstić information content (AvgIpc) is 2.04. The Morgan fingerprint density at radius 3 is 2.92 bits per heavy atom. The van der Waals surface area contributed by atoms with Crippen LogP contribution in [0.4, 0.5) is 0 Å². The summed E-state index contributed by atoms with van der Waals surface area (Å²) >= 11 is 0. The molecule has 3 nitrogen and oxygen atoms in total. The molecule has 0 aromatic carbocycles. The highest BCUT2D eigenvalue weighted by atomic mass is 15.3. The lowest BCUT2D eigenvalue weighted by atomic mass is 9.96. The number of likely N-dealkylation sites (N-methyl/N-ethyl adjacent to an activating group) is 2. The minimum atomic E-state index is 0.711. The van der Waals surface area contributed by atoms with Crippen molar-refractivity contribution in [3.63, 3.8) is 0 Å². The van der Waals surface area contributed by atoms with E-state index in [1.807, 2.05) is 0 Å². The molecule has 12 heavy (non-hydrogen) atoms. The second-order valence-electron chi connectivity index (χ2n) is 4.16. The van der Waals surface area contributed by atoms with Gasteiger partial charge in [-0.05, 0) is 27.1 Å². The molecule has 2 saturated heterocycles. The second-order valence-corrected chi connectivity index (χ2v) is 4.16. The van der Waals surface area contributed by atoms with Gasteiger partial charge in [0.05, 0.1) is 0 Å². The quantitative estimate of drug-likeness (QED) is 0.532. The first-order valence-electron chi connectivity index (χ1n) is 4.89. The molecular weight excluding hydrogens is 150 g/mol. The third-order valence-electron chi connectivity index (χ3n) is 3.22. The van der Waals surface area contributed by atoms with Crippen molar-refractivity contribution in [2.24, 2.45) is 0 Å². The van der Waals surface area contributed by atoms with Gasteiger partial charge in [-0.15, -0.1) is 0 Å². The smallest absolute Gasteiger partial charge is 0.0352 e. The molecule has 0 radical (unpaired) electrons. The van der Waals surface area contributed by atoms with Crippen LogP contribution in [0, 0.1) is 0 Å². The van der Waals surface area contributed by atoms with Crippen molar-refractivity contribution < 1.29 is 0 Å². The van der Waals surface area contributed by atoms with Crippen LogP contribution >= 0.6 is 0 Å². The first-order chi connectivity index (χ1) is 5.77. The fourth-order valence-corrected chi connectivity index (χ4v) is 2.42. The fraction of sp³-hybridized carbons (Fsp3) is 1.00. The third kappa shape index (κ3) is 1.49. The topological polar surface area (TPSA) is 18.5 Å². The summed E-state index contributed by atoms with van der Waals surface area (Å²) in [4.78, 5) is 4.93. The van der Waals surface area contributed by atoms with Crippen LogP contribution in [0.25, 0.3) is 0 Å². The molecule has 2 atom stereocenters. The van der Waals surface area contributed by atoms with E-state index in [2.05, 4.69) is 29.2 Å². The molecule has 2 aliphatic rings. The van der Waals surface area contributed by atoms with E-state index in [9.17, 15) is 0 Å². The maximum Gasteiger partial charge on any atom is 0.0352 e. The van der Waals surface area contributed by atoms with Gasteiger partial charge in [0.2, 0.25) is 0 Å². The molecule has 2 aliphatic heterocycles. The highest BCUT2D eigenvalue weighted by Gasteiger charge is 2.32. The van der Waals surface area contributed by atoms with Crippen molar-refractivity contribution >= 4 is 0 Å². The van der Waals surface area contributed by atoms with Gasteiger partial charge in [-0.2, -0.15) is 0 Å². The summed E-state index contributed by atoms with van der Waals surface area (Å²) in [5.74, 6) is 0. The summed E-state index contributed by atoms with van der Waals surface area (Å²) in [5, 5.41) is 3.60. The zero-order valence-electron chi connectivity index (χ0n) is 8.08. The predicted octanol–water partition coefficient (Wildman–Crippen LogP) is -0.406. The van der Waals surface area contributed by atoms with Crippen LogP contribution in [0.15, 0.2) is 0 Å². The summed E-state index contributed by atoms with van der Waals surface area (Å²) in [6, 6.07) is 1.50. The monoisotopic (exact) mass is 169 g/mol. The molecule has 0 saturated carbocycles. The van der Waals surface area contributed by atoms with E-state index < -0.39 is 0 Å². The minimum Gasteiger partial charge on any atom is -0.310 e. The zero-order valence-corrected chi connectivity index (χ0v) is 8.08. The number of hydrogen-bond acceptors (Lipinski definition) is 3. The first-order valence-corrected chi connectivity index (χ1v) is 4.89. The Balaban J connectivity index is 1.99. The maximum absolute atomic E-state index is 3.60. The highest BCUT2D eigenvalue weighted by molar-refractivity contribution is 4.93. The normalized spacial score (nSPS) is 39.5. The van der Waals surface area contributed by atoms with E-state index in [-0.39, 0.29) is 0 Å². The van der Waals surface area contributed by atoms with Crippen molar-refractivity contribution in [2.75, 3.05) is 40.3 Å². The number of piperazine rings is 1. The highest BCUT2D eigenvalue weighted by Crippen LogP contribution is 2.16. The van der Waals surface area contributed by atoms with Crippen LogP contribution in [0.2, 0.25) is 0 Å². The molecule has 2 heterocycles. The summed E-state index contributed by atoms with van der Waals surface area (Å²) in [6.07, 6.45) is 1.32. The van der Waals surface area contributed by atoms with E-state index in [1.54, 1.807) is 0 Å². The molecule has 2 unspecified atom stereocenters. The van der Waals surface area contributed by atoms with Crippen LogP contribution < -0.4 is 5.32 Å². The van der Waals surface area contributed by atoms with Gasteiger partial charge in [0.25, 0.3) is 0 Å². The Bertz CT molecular complexity index is 160. The lowest BCUT2D eigenvalue weighted by Gasteiger charge is -2.45. The SMILES string of the molecule is CN1CCC2C(C1)NCCN2C. The Morgan fingerprint density at radius 2 is 2.08 bits per heavy atom. The van der Waals surface area contributed by atoms with Crippen LogP contribution in [0.5, 0.6) is 0 Å². The second kappa shape index (κ2) is 3.32. The molecule has 70 valence electrons. The number of nitrogens with zero attached hydrogens (tertiary/aromatic N) is 2. The molecule has 2 fully saturated rings. The van der Waals surface area contributed by atoms with Gasteiger partial charge in [-0.3, -0.25) is 0 Å². The summed E-state index contributed by atoms with van der Waals surface area (Å²) in [6.45, 7) is 4.85. The largest absolute Gasteiger partial charge is 0.310 e. The van der Waals surface area contributed by atoms with E-state index in [0.717, 1.165) is 12.6 Å². The van der Waals surface area contributed by atoms with Gasteiger partial charge in [0.15, 0.2) is 0 Å². The molecule has 2 rings (SSSR count). The average molecular weight is 169 g/mol. The van der Waals surface area contributed by atoms with Crippen LogP contribution in [0.3, 0.4) is 0 Å². The minimum absolute atomic E-state index is 0.711. The summed E-state index contributed by atoms with van der Waals surface area (Å²) < 4.78 is 0. The molecule has 0 bridgehead atoms. The first kappa shape index (κ1) is 8.48. The Labute approximate surface area is 74.7 Å². The Kier molecular flexibility index (Phi) is 2.35. The fourth-order valence-electron chi connectivity index (χ4n) is 2.42. The standard InChI is InChI=1S/C9H19N3/c1-11-5-3-9-8(7-11)10-4-6-12(9)2/h8-10H,3-7H2,1-2H3. The lowest BCUT2D eigenvalue weighted by molar-refractivity contribution is 0.0772. The lowest BCUT2D eigenvalue weighted by Crippen LogP contribution is -2.63. The molecule has 0 amide bonds. The van der Waals surface area contributed by atoms with Crippen molar-refractivity contribution in [2.45, 2.75) is 18.5 Å². The number of hydrogen-bond donors (Lipinski definition) is 1. The van der Waals surface area contributed by atoms with Gasteiger partial charge in [-0.1, -0.05) is 0 Å². The van der Waals surface area contributed by atoms with Crippen molar-refractivity contribution in [3.8, 4) is 0 Å². The number of piperidine rings is 1. The predicted molar refractivity (Wildman–Crippen MR) is 50.3 cm³/mol. The number of rotatable bonds is 0. The van der Waals surface area contributed by atoms with Crippen LogP contribution in [-0.4, -0.2) is 62.2 Å². The molecule has 0 spiro atoms. The molecule has 3 heteroatoms. The summed E-state index contributed by atoms with van der Waals surface area (Å²) in [7, 11) is 4.47. The van der Waals surface area contributed by atoms with Gasteiger partial charge in [0, 0.05) is 31.7 Å². The number of likely N-dealkylation sites (tertiary alicyclic amines) is 1. The zero-order chi connectivity index (χ0) is 8.55.